The molecule has 1 saturated heterocycles. The maximum absolute atomic E-state index is 13.1. The van der Waals surface area contributed by atoms with Crippen LogP contribution in [-0.4, -0.2) is 31.2 Å². The second kappa shape index (κ2) is 6.84. The van der Waals surface area contributed by atoms with Gasteiger partial charge in [0.25, 0.3) is 5.91 Å². The number of anilines is 1. The zero-order chi connectivity index (χ0) is 18.0. The molecule has 2 aromatic rings. The van der Waals surface area contributed by atoms with E-state index < -0.39 is 35.6 Å². The quantitative estimate of drug-likeness (QED) is 0.923. The second-order valence-electron chi connectivity index (χ2n) is 5.43. The fraction of sp³-hybridized carbons (Fsp3) is 0.176. The summed E-state index contributed by atoms with van der Waals surface area (Å²) in [5, 5.41) is 2.50. The molecule has 1 atom stereocenters. The number of ether oxygens (including phenoxy) is 1. The van der Waals surface area contributed by atoms with Crippen molar-refractivity contribution in [2.45, 2.75) is 6.10 Å². The molecule has 1 unspecified atom stereocenters. The van der Waals surface area contributed by atoms with Crippen molar-refractivity contribution < 1.29 is 27.5 Å². The van der Waals surface area contributed by atoms with Crippen LogP contribution >= 0.6 is 0 Å². The highest BCUT2D eigenvalue weighted by Crippen LogP contribution is 2.21. The number of hydrogen-bond donors (Lipinski definition) is 1. The van der Waals surface area contributed by atoms with Gasteiger partial charge in [-0.1, -0.05) is 0 Å². The summed E-state index contributed by atoms with van der Waals surface area (Å²) >= 11 is 0. The predicted molar refractivity (Wildman–Crippen MR) is 82.7 cm³/mol. The molecule has 0 saturated carbocycles. The van der Waals surface area contributed by atoms with Gasteiger partial charge in [0.2, 0.25) is 0 Å². The van der Waals surface area contributed by atoms with Crippen LogP contribution in [0.3, 0.4) is 0 Å². The van der Waals surface area contributed by atoms with Gasteiger partial charge in [0, 0.05) is 11.3 Å². The summed E-state index contributed by atoms with van der Waals surface area (Å²) in [5.74, 6) is -3.21. The first kappa shape index (κ1) is 16.8. The van der Waals surface area contributed by atoms with Crippen LogP contribution in [-0.2, 0) is 4.74 Å². The number of rotatable bonds is 4. The number of carbonyl (C=O) groups is 2. The van der Waals surface area contributed by atoms with Crippen LogP contribution in [0.15, 0.2) is 42.5 Å². The van der Waals surface area contributed by atoms with Crippen LogP contribution in [0.4, 0.5) is 23.7 Å². The minimum Gasteiger partial charge on any atom is -0.442 e. The fourth-order valence-electron chi connectivity index (χ4n) is 2.41. The van der Waals surface area contributed by atoms with E-state index in [4.69, 9.17) is 4.74 Å². The lowest BCUT2D eigenvalue weighted by Crippen LogP contribution is -2.34. The maximum Gasteiger partial charge on any atom is 0.414 e. The summed E-state index contributed by atoms with van der Waals surface area (Å²) in [4.78, 5) is 25.1. The Morgan fingerprint density at radius 3 is 2.52 bits per heavy atom. The molecule has 2 amide bonds. The van der Waals surface area contributed by atoms with Gasteiger partial charge in [-0.2, -0.15) is 0 Å². The normalized spacial score (nSPS) is 16.7. The lowest BCUT2D eigenvalue weighted by atomic mass is 10.2. The van der Waals surface area contributed by atoms with Crippen molar-refractivity contribution in [2.24, 2.45) is 0 Å². The number of benzene rings is 2. The molecule has 130 valence electrons. The molecule has 1 fully saturated rings. The van der Waals surface area contributed by atoms with Gasteiger partial charge in [0.05, 0.1) is 13.1 Å². The third-order valence-corrected chi connectivity index (χ3v) is 3.68. The number of nitrogens with one attached hydrogen (secondary N) is 1. The van der Waals surface area contributed by atoms with Crippen molar-refractivity contribution >= 4 is 17.7 Å². The number of cyclic esters (lactones) is 1. The average Bonchev–Trinajstić information content (AvgIpc) is 2.96. The molecule has 0 bridgehead atoms. The molecule has 0 aliphatic carbocycles. The maximum atomic E-state index is 13.1. The van der Waals surface area contributed by atoms with Gasteiger partial charge in [0.15, 0.2) is 11.6 Å². The molecular weight excluding hydrogens is 337 g/mol. The van der Waals surface area contributed by atoms with Crippen LogP contribution < -0.4 is 10.2 Å². The molecule has 0 radical (unpaired) electrons. The van der Waals surface area contributed by atoms with E-state index in [2.05, 4.69) is 5.32 Å². The Kier molecular flexibility index (Phi) is 4.60. The third kappa shape index (κ3) is 3.73. The Morgan fingerprint density at radius 1 is 1.12 bits per heavy atom. The first-order valence-corrected chi connectivity index (χ1v) is 7.41. The molecule has 1 heterocycles. The molecule has 25 heavy (non-hydrogen) atoms. The smallest absolute Gasteiger partial charge is 0.414 e. The highest BCUT2D eigenvalue weighted by molar-refractivity contribution is 5.94. The lowest BCUT2D eigenvalue weighted by molar-refractivity contribution is 0.0915. The minimum absolute atomic E-state index is 0.00125. The molecule has 1 N–H and O–H groups in total. The Balaban J connectivity index is 1.59. The molecular formula is C17H13F3N2O3. The molecule has 0 spiro atoms. The zero-order valence-corrected chi connectivity index (χ0v) is 12.8. The summed E-state index contributed by atoms with van der Waals surface area (Å²) in [6.07, 6.45) is -1.23. The van der Waals surface area contributed by atoms with Crippen molar-refractivity contribution in [1.29, 1.82) is 0 Å². The summed E-state index contributed by atoms with van der Waals surface area (Å²) in [5.41, 5.74) is 0.430. The van der Waals surface area contributed by atoms with E-state index in [0.717, 1.165) is 18.2 Å². The SMILES string of the molecule is O=C(NCC1CN(c2ccc(F)cc2)C(=O)O1)c1ccc(F)c(F)c1. The van der Waals surface area contributed by atoms with Gasteiger partial charge in [-0.05, 0) is 42.5 Å². The predicted octanol–water partition coefficient (Wildman–Crippen LogP) is 2.86. The van der Waals surface area contributed by atoms with Crippen LogP contribution in [0.2, 0.25) is 0 Å². The van der Waals surface area contributed by atoms with Crippen molar-refractivity contribution in [3.63, 3.8) is 0 Å². The molecule has 1 aliphatic heterocycles. The van der Waals surface area contributed by atoms with E-state index in [9.17, 15) is 22.8 Å². The van der Waals surface area contributed by atoms with E-state index in [1.807, 2.05) is 0 Å². The standard InChI is InChI=1S/C17H13F3N2O3/c18-11-2-4-12(5-3-11)22-9-13(25-17(22)24)8-21-16(23)10-1-6-14(19)15(20)7-10/h1-7,13H,8-9H2,(H,21,23). The van der Waals surface area contributed by atoms with Gasteiger partial charge in [-0.25, -0.2) is 18.0 Å². The topological polar surface area (TPSA) is 58.6 Å². The number of halogens is 3. The van der Waals surface area contributed by atoms with Gasteiger partial charge >= 0.3 is 6.09 Å². The molecule has 1 aliphatic rings. The Bertz CT molecular complexity index is 811. The molecule has 2 aromatic carbocycles. The van der Waals surface area contributed by atoms with E-state index in [0.29, 0.717) is 5.69 Å². The van der Waals surface area contributed by atoms with Crippen LogP contribution in [0, 0.1) is 17.5 Å². The highest BCUT2D eigenvalue weighted by atomic mass is 19.2. The summed E-state index contributed by atoms with van der Waals surface area (Å²) in [7, 11) is 0. The minimum atomic E-state index is -1.12. The number of nitrogens with zero attached hydrogens (tertiary/aromatic N) is 1. The number of hydrogen-bond acceptors (Lipinski definition) is 3. The fourth-order valence-corrected chi connectivity index (χ4v) is 2.41. The zero-order valence-electron chi connectivity index (χ0n) is 12.8. The Hall–Kier alpha value is -3.03. The average molecular weight is 350 g/mol. The number of carbonyl (C=O) groups excluding carboxylic acids is 2. The molecule has 5 nitrogen and oxygen atoms in total. The van der Waals surface area contributed by atoms with Gasteiger partial charge < -0.3 is 10.1 Å². The second-order valence-corrected chi connectivity index (χ2v) is 5.43. The Labute approximate surface area is 141 Å². The van der Waals surface area contributed by atoms with Gasteiger partial charge in [0.1, 0.15) is 11.9 Å². The van der Waals surface area contributed by atoms with Gasteiger partial charge in [-0.3, -0.25) is 9.69 Å². The lowest BCUT2D eigenvalue weighted by Gasteiger charge is -2.13. The number of amides is 2. The van der Waals surface area contributed by atoms with Crippen LogP contribution in [0.25, 0.3) is 0 Å². The van der Waals surface area contributed by atoms with Crippen molar-refractivity contribution in [3.05, 3.63) is 65.5 Å². The van der Waals surface area contributed by atoms with Crippen molar-refractivity contribution in [3.8, 4) is 0 Å². The van der Waals surface area contributed by atoms with Crippen LogP contribution in [0.5, 0.6) is 0 Å². The first-order valence-electron chi connectivity index (χ1n) is 7.41. The van der Waals surface area contributed by atoms with Crippen LogP contribution in [0.1, 0.15) is 10.4 Å². The van der Waals surface area contributed by atoms with Gasteiger partial charge in [-0.15, -0.1) is 0 Å². The summed E-state index contributed by atoms with van der Waals surface area (Å²) < 4.78 is 44.1. The van der Waals surface area contributed by atoms with E-state index in [1.54, 1.807) is 0 Å². The van der Waals surface area contributed by atoms with E-state index in [-0.39, 0.29) is 18.7 Å². The third-order valence-electron chi connectivity index (χ3n) is 3.68. The van der Waals surface area contributed by atoms with E-state index in [1.165, 1.54) is 29.2 Å². The highest BCUT2D eigenvalue weighted by Gasteiger charge is 2.32. The molecule has 8 heteroatoms. The first-order chi connectivity index (χ1) is 11.9. The largest absolute Gasteiger partial charge is 0.442 e. The molecule has 3 rings (SSSR count). The van der Waals surface area contributed by atoms with E-state index >= 15 is 0 Å². The molecule has 0 aromatic heterocycles. The monoisotopic (exact) mass is 350 g/mol. The summed E-state index contributed by atoms with van der Waals surface area (Å²) in [6.45, 7) is 0.170. The Morgan fingerprint density at radius 2 is 1.84 bits per heavy atom. The summed E-state index contributed by atoms with van der Waals surface area (Å²) in [6, 6.07) is 8.13. The van der Waals surface area contributed by atoms with Crippen molar-refractivity contribution in [2.75, 3.05) is 18.0 Å². The van der Waals surface area contributed by atoms with Crippen molar-refractivity contribution in [1.82, 2.24) is 5.32 Å².